The van der Waals surface area contributed by atoms with Crippen molar-refractivity contribution in [3.05, 3.63) is 29.8 Å². The van der Waals surface area contributed by atoms with Crippen LogP contribution in [-0.4, -0.2) is 43.1 Å². The Kier molecular flexibility index (Phi) is 6.74. The molecule has 2 rings (SSSR count). The minimum atomic E-state index is -4.61. The van der Waals surface area contributed by atoms with Gasteiger partial charge in [-0.25, -0.2) is 8.42 Å². The van der Waals surface area contributed by atoms with Crippen molar-refractivity contribution < 1.29 is 26.4 Å². The third-order valence-corrected chi connectivity index (χ3v) is 8.55. The van der Waals surface area contributed by atoms with Crippen LogP contribution in [0.5, 0.6) is 0 Å². The molecule has 1 aliphatic heterocycles. The summed E-state index contributed by atoms with van der Waals surface area (Å²) >= 11 is 0. The Hall–Kier alpha value is -1.61. The topological polar surface area (TPSA) is 80.5 Å². The number of hydrogen-bond donors (Lipinski definition) is 1. The standard InChI is InChI=1S/C20H29F3N2O3S/c1-13(2)17(24)18(26)25-10-8-14(9-11-25)19(3,4)29(27,28)16-7-5-6-15(12-16)20(21,22)23/h5-7,12-14,17H,8-11,24H2,1-4H3. The van der Waals surface area contributed by atoms with Crippen LogP contribution in [0.2, 0.25) is 0 Å². The highest BCUT2D eigenvalue weighted by Gasteiger charge is 2.45. The lowest BCUT2D eigenvalue weighted by Crippen LogP contribution is -2.52. The zero-order valence-electron chi connectivity index (χ0n) is 17.2. The van der Waals surface area contributed by atoms with Gasteiger partial charge in [-0.05, 0) is 56.7 Å². The summed E-state index contributed by atoms with van der Waals surface area (Å²) in [5.74, 6) is -0.448. The smallest absolute Gasteiger partial charge is 0.341 e. The predicted octanol–water partition coefficient (Wildman–Crippen LogP) is 3.48. The number of hydrogen-bond acceptors (Lipinski definition) is 4. The molecule has 9 heteroatoms. The molecule has 0 radical (unpaired) electrons. The molecule has 1 atom stereocenters. The maximum absolute atomic E-state index is 13.2. The summed E-state index contributed by atoms with van der Waals surface area (Å²) < 4.78 is 64.1. The number of nitrogens with two attached hydrogens (primary N) is 1. The molecular formula is C20H29F3N2O3S. The van der Waals surface area contributed by atoms with Crippen molar-refractivity contribution >= 4 is 15.7 Å². The molecule has 164 valence electrons. The van der Waals surface area contributed by atoms with Gasteiger partial charge in [-0.1, -0.05) is 19.9 Å². The molecule has 1 fully saturated rings. The van der Waals surface area contributed by atoms with E-state index in [2.05, 4.69) is 0 Å². The molecule has 2 N–H and O–H groups in total. The second-order valence-electron chi connectivity index (χ2n) is 8.50. The van der Waals surface area contributed by atoms with Gasteiger partial charge in [0.2, 0.25) is 5.91 Å². The fourth-order valence-corrected chi connectivity index (χ4v) is 5.48. The zero-order valence-corrected chi connectivity index (χ0v) is 18.0. The number of sulfone groups is 1. The first-order valence-electron chi connectivity index (χ1n) is 9.66. The molecular weight excluding hydrogens is 405 g/mol. The lowest BCUT2D eigenvalue weighted by molar-refractivity contribution is -0.137. The van der Waals surface area contributed by atoms with Crippen LogP contribution in [0.3, 0.4) is 0 Å². The van der Waals surface area contributed by atoms with Crippen LogP contribution >= 0.6 is 0 Å². The maximum Gasteiger partial charge on any atom is 0.416 e. The quantitative estimate of drug-likeness (QED) is 0.769. The van der Waals surface area contributed by atoms with Crippen molar-refractivity contribution in [3.63, 3.8) is 0 Å². The zero-order chi connectivity index (χ0) is 22.2. The summed E-state index contributed by atoms with van der Waals surface area (Å²) in [5, 5.41) is 0. The maximum atomic E-state index is 13.2. The first-order valence-corrected chi connectivity index (χ1v) is 11.1. The van der Waals surface area contributed by atoms with Gasteiger partial charge in [0.15, 0.2) is 9.84 Å². The molecule has 1 saturated heterocycles. The fourth-order valence-electron chi connectivity index (χ4n) is 3.65. The van der Waals surface area contributed by atoms with Crippen molar-refractivity contribution in [3.8, 4) is 0 Å². The number of carbonyl (C=O) groups is 1. The Morgan fingerprint density at radius 3 is 2.21 bits per heavy atom. The van der Waals surface area contributed by atoms with E-state index in [1.165, 1.54) is 6.07 Å². The third-order valence-electron chi connectivity index (χ3n) is 5.96. The van der Waals surface area contributed by atoms with Crippen LogP contribution < -0.4 is 5.73 Å². The second-order valence-corrected chi connectivity index (χ2v) is 11.0. The lowest BCUT2D eigenvalue weighted by Gasteiger charge is -2.41. The Morgan fingerprint density at radius 2 is 1.72 bits per heavy atom. The predicted molar refractivity (Wildman–Crippen MR) is 105 cm³/mol. The average molecular weight is 435 g/mol. The van der Waals surface area contributed by atoms with Crippen LogP contribution in [0.15, 0.2) is 29.2 Å². The molecule has 1 aliphatic rings. The van der Waals surface area contributed by atoms with Gasteiger partial charge >= 0.3 is 6.18 Å². The van der Waals surface area contributed by atoms with Crippen molar-refractivity contribution in [1.29, 1.82) is 0 Å². The number of piperidine rings is 1. The molecule has 0 spiro atoms. The summed E-state index contributed by atoms with van der Waals surface area (Å²) in [7, 11) is -4.02. The molecule has 5 nitrogen and oxygen atoms in total. The van der Waals surface area contributed by atoms with Crippen LogP contribution in [0, 0.1) is 11.8 Å². The molecule has 1 aromatic carbocycles. The van der Waals surface area contributed by atoms with E-state index in [0.29, 0.717) is 32.0 Å². The van der Waals surface area contributed by atoms with Crippen molar-refractivity contribution in [2.45, 2.75) is 62.4 Å². The fraction of sp³-hybridized carbons (Fsp3) is 0.650. The number of amides is 1. The van der Waals surface area contributed by atoms with E-state index >= 15 is 0 Å². The van der Waals surface area contributed by atoms with Gasteiger partial charge in [0.05, 0.1) is 21.2 Å². The van der Waals surface area contributed by atoms with Crippen molar-refractivity contribution in [1.82, 2.24) is 4.90 Å². The summed E-state index contributed by atoms with van der Waals surface area (Å²) in [6.07, 6.45) is -3.72. The van der Waals surface area contributed by atoms with E-state index in [1.54, 1.807) is 18.7 Å². The average Bonchev–Trinajstić information content (AvgIpc) is 2.66. The number of halogens is 3. The van der Waals surface area contributed by atoms with E-state index in [9.17, 15) is 26.4 Å². The molecule has 0 saturated carbocycles. The summed E-state index contributed by atoms with van der Waals surface area (Å²) in [6, 6.07) is 3.26. The molecule has 0 aliphatic carbocycles. The molecule has 1 unspecified atom stereocenters. The SMILES string of the molecule is CC(C)C(N)C(=O)N1CCC(C(C)(C)S(=O)(=O)c2cccc(C(F)(F)F)c2)CC1. The molecule has 1 aromatic rings. The molecule has 1 amide bonds. The van der Waals surface area contributed by atoms with Crippen LogP contribution in [-0.2, 0) is 20.8 Å². The Morgan fingerprint density at radius 1 is 1.17 bits per heavy atom. The van der Waals surface area contributed by atoms with E-state index in [4.69, 9.17) is 5.73 Å². The number of alkyl halides is 3. The first-order chi connectivity index (χ1) is 13.2. The number of nitrogens with zero attached hydrogens (tertiary/aromatic N) is 1. The van der Waals surface area contributed by atoms with Gasteiger partial charge in [-0.3, -0.25) is 4.79 Å². The highest BCUT2D eigenvalue weighted by Crippen LogP contribution is 2.39. The highest BCUT2D eigenvalue weighted by atomic mass is 32.2. The van der Waals surface area contributed by atoms with Crippen LogP contribution in [0.1, 0.15) is 46.1 Å². The first kappa shape index (κ1) is 23.7. The number of rotatable bonds is 5. The molecule has 1 heterocycles. The van der Waals surface area contributed by atoms with Crippen molar-refractivity contribution in [2.75, 3.05) is 13.1 Å². The van der Waals surface area contributed by atoms with Gasteiger partial charge < -0.3 is 10.6 Å². The Labute approximate surface area is 170 Å². The van der Waals surface area contributed by atoms with E-state index in [1.807, 2.05) is 13.8 Å². The van der Waals surface area contributed by atoms with Gasteiger partial charge in [0.1, 0.15) is 0 Å². The lowest BCUT2D eigenvalue weighted by atomic mass is 9.85. The summed E-state index contributed by atoms with van der Waals surface area (Å²) in [5.41, 5.74) is 4.94. The molecule has 0 aromatic heterocycles. The summed E-state index contributed by atoms with van der Waals surface area (Å²) in [4.78, 5) is 13.7. The van der Waals surface area contributed by atoms with Crippen molar-refractivity contribution in [2.24, 2.45) is 17.6 Å². The van der Waals surface area contributed by atoms with Gasteiger partial charge in [0.25, 0.3) is 0 Å². The van der Waals surface area contributed by atoms with E-state index in [0.717, 1.165) is 12.1 Å². The van der Waals surface area contributed by atoms with Crippen LogP contribution in [0.4, 0.5) is 13.2 Å². The largest absolute Gasteiger partial charge is 0.416 e. The Balaban J connectivity index is 2.20. The van der Waals surface area contributed by atoms with E-state index < -0.39 is 32.4 Å². The van der Waals surface area contributed by atoms with E-state index in [-0.39, 0.29) is 22.6 Å². The van der Waals surface area contributed by atoms with Gasteiger partial charge in [-0.2, -0.15) is 13.2 Å². The van der Waals surface area contributed by atoms with Gasteiger partial charge in [-0.15, -0.1) is 0 Å². The van der Waals surface area contributed by atoms with Gasteiger partial charge in [0, 0.05) is 13.1 Å². The number of benzene rings is 1. The minimum absolute atomic E-state index is 0.00190. The summed E-state index contributed by atoms with van der Waals surface area (Å²) in [6.45, 7) is 7.58. The minimum Gasteiger partial charge on any atom is -0.341 e. The number of likely N-dealkylation sites (tertiary alicyclic amines) is 1. The highest BCUT2D eigenvalue weighted by molar-refractivity contribution is 7.92. The Bertz CT molecular complexity index is 843. The molecule has 0 bridgehead atoms. The van der Waals surface area contributed by atoms with Crippen LogP contribution in [0.25, 0.3) is 0 Å². The second kappa shape index (κ2) is 8.26. The monoisotopic (exact) mass is 434 g/mol. The molecule has 29 heavy (non-hydrogen) atoms. The third kappa shape index (κ3) is 4.77. The number of carbonyl (C=O) groups excluding carboxylic acids is 1. The normalized spacial score (nSPS) is 18.2.